The van der Waals surface area contributed by atoms with Gasteiger partial charge in [-0.1, -0.05) is 75.8 Å². The van der Waals surface area contributed by atoms with Gasteiger partial charge >= 0.3 is 0 Å². The molecular formula is C16H33O3S-. The van der Waals surface area contributed by atoms with E-state index in [0.717, 1.165) is 19.4 Å². The van der Waals surface area contributed by atoms with Crippen LogP contribution in [-0.2, 0) is 15.8 Å². The van der Waals surface area contributed by atoms with E-state index in [1.165, 1.54) is 57.8 Å². The summed E-state index contributed by atoms with van der Waals surface area (Å²) in [6.45, 7) is 3.79. The minimum absolute atomic E-state index is 0.265. The van der Waals surface area contributed by atoms with Crippen molar-refractivity contribution in [3.8, 4) is 0 Å². The first-order valence-electron chi connectivity index (χ1n) is 8.41. The van der Waals surface area contributed by atoms with Crippen molar-refractivity contribution in [3.05, 3.63) is 0 Å². The minimum atomic E-state index is -1.89. The van der Waals surface area contributed by atoms with Crippen molar-refractivity contribution in [2.75, 3.05) is 19.0 Å². The molecule has 0 fully saturated rings. The summed E-state index contributed by atoms with van der Waals surface area (Å²) in [4.78, 5) is 0. The SMILES string of the molecule is CCCCCCCCCCCCOCCCCS(=O)[O-]. The number of ether oxygens (including phenoxy) is 1. The quantitative estimate of drug-likeness (QED) is 0.310. The van der Waals surface area contributed by atoms with Crippen molar-refractivity contribution in [2.24, 2.45) is 0 Å². The lowest BCUT2D eigenvalue weighted by molar-refractivity contribution is 0.127. The second-order valence-corrected chi connectivity index (χ2v) is 6.53. The topological polar surface area (TPSA) is 49.4 Å². The fraction of sp³-hybridized carbons (Fsp3) is 1.00. The monoisotopic (exact) mass is 305 g/mol. The molecule has 0 radical (unpaired) electrons. The fourth-order valence-electron chi connectivity index (χ4n) is 2.22. The molecule has 0 rings (SSSR count). The first kappa shape index (κ1) is 20.1. The molecule has 0 aromatic carbocycles. The van der Waals surface area contributed by atoms with E-state index in [4.69, 9.17) is 4.74 Å². The van der Waals surface area contributed by atoms with Gasteiger partial charge in [0.2, 0.25) is 0 Å². The third kappa shape index (κ3) is 18.1. The molecule has 122 valence electrons. The molecule has 0 amide bonds. The van der Waals surface area contributed by atoms with Crippen LogP contribution in [0.1, 0.15) is 84.0 Å². The molecular weight excluding hydrogens is 272 g/mol. The van der Waals surface area contributed by atoms with Crippen LogP contribution >= 0.6 is 0 Å². The Morgan fingerprint density at radius 2 is 1.20 bits per heavy atom. The Morgan fingerprint density at radius 1 is 0.750 bits per heavy atom. The Labute approximate surface area is 128 Å². The summed E-state index contributed by atoms with van der Waals surface area (Å²) in [5, 5.41) is 0. The third-order valence-corrected chi connectivity index (χ3v) is 4.11. The molecule has 20 heavy (non-hydrogen) atoms. The van der Waals surface area contributed by atoms with Crippen LogP contribution in [0.15, 0.2) is 0 Å². The molecule has 0 aliphatic rings. The highest BCUT2D eigenvalue weighted by Gasteiger charge is 1.94. The summed E-state index contributed by atoms with van der Waals surface area (Å²) in [7, 11) is 0. The normalized spacial score (nSPS) is 12.7. The van der Waals surface area contributed by atoms with Gasteiger partial charge in [-0.15, -0.1) is 0 Å². The van der Waals surface area contributed by atoms with E-state index in [2.05, 4.69) is 6.92 Å². The Morgan fingerprint density at radius 3 is 1.70 bits per heavy atom. The molecule has 0 bridgehead atoms. The first-order chi connectivity index (χ1) is 9.77. The van der Waals surface area contributed by atoms with E-state index in [0.29, 0.717) is 13.0 Å². The molecule has 1 unspecified atom stereocenters. The zero-order chi connectivity index (χ0) is 14.9. The zero-order valence-corrected chi connectivity index (χ0v) is 14.1. The van der Waals surface area contributed by atoms with Crippen molar-refractivity contribution in [1.29, 1.82) is 0 Å². The van der Waals surface area contributed by atoms with Gasteiger partial charge in [-0.3, -0.25) is 4.21 Å². The van der Waals surface area contributed by atoms with E-state index >= 15 is 0 Å². The maximum Gasteiger partial charge on any atom is 0.0466 e. The van der Waals surface area contributed by atoms with Gasteiger partial charge in [0.1, 0.15) is 0 Å². The molecule has 0 aliphatic carbocycles. The molecule has 4 heteroatoms. The van der Waals surface area contributed by atoms with Crippen LogP contribution in [0.5, 0.6) is 0 Å². The molecule has 0 aromatic rings. The van der Waals surface area contributed by atoms with Crippen LogP contribution in [0.25, 0.3) is 0 Å². The average Bonchev–Trinajstić information content (AvgIpc) is 2.43. The average molecular weight is 306 g/mol. The summed E-state index contributed by atoms with van der Waals surface area (Å²) in [5.41, 5.74) is 0. The van der Waals surface area contributed by atoms with Crippen LogP contribution in [0.4, 0.5) is 0 Å². The Hall–Kier alpha value is 0.0700. The van der Waals surface area contributed by atoms with Crippen molar-refractivity contribution in [1.82, 2.24) is 0 Å². The third-order valence-electron chi connectivity index (χ3n) is 3.49. The molecule has 0 heterocycles. The Bertz CT molecular complexity index is 210. The van der Waals surface area contributed by atoms with Gasteiger partial charge in [0.05, 0.1) is 0 Å². The number of hydrogen-bond acceptors (Lipinski definition) is 3. The van der Waals surface area contributed by atoms with Crippen molar-refractivity contribution in [2.45, 2.75) is 84.0 Å². The summed E-state index contributed by atoms with van der Waals surface area (Å²) < 4.78 is 26.1. The molecule has 1 atom stereocenters. The lowest BCUT2D eigenvalue weighted by atomic mass is 10.1. The summed E-state index contributed by atoms with van der Waals surface area (Å²) >= 11 is -1.89. The summed E-state index contributed by atoms with van der Waals surface area (Å²) in [5.74, 6) is 0.265. The molecule has 0 aromatic heterocycles. The second-order valence-electron chi connectivity index (χ2n) is 5.51. The number of hydrogen-bond donors (Lipinski definition) is 0. The summed E-state index contributed by atoms with van der Waals surface area (Å²) in [6, 6.07) is 0. The lowest BCUT2D eigenvalue weighted by Crippen LogP contribution is -2.00. The molecule has 3 nitrogen and oxygen atoms in total. The summed E-state index contributed by atoms with van der Waals surface area (Å²) in [6.07, 6.45) is 15.0. The van der Waals surface area contributed by atoms with Crippen LogP contribution in [0, 0.1) is 0 Å². The molecule has 0 aliphatic heterocycles. The van der Waals surface area contributed by atoms with E-state index in [-0.39, 0.29) is 5.75 Å². The van der Waals surface area contributed by atoms with Crippen LogP contribution in [0.3, 0.4) is 0 Å². The first-order valence-corrected chi connectivity index (χ1v) is 9.65. The molecule has 0 N–H and O–H groups in total. The van der Waals surface area contributed by atoms with Crippen LogP contribution in [-0.4, -0.2) is 27.7 Å². The highest BCUT2D eigenvalue weighted by molar-refractivity contribution is 7.79. The van der Waals surface area contributed by atoms with Crippen molar-refractivity contribution in [3.63, 3.8) is 0 Å². The molecule has 0 saturated heterocycles. The van der Waals surface area contributed by atoms with E-state index < -0.39 is 11.1 Å². The van der Waals surface area contributed by atoms with Crippen molar-refractivity contribution < 1.29 is 13.5 Å². The van der Waals surface area contributed by atoms with Gasteiger partial charge in [0, 0.05) is 19.0 Å². The molecule has 0 saturated carbocycles. The highest BCUT2D eigenvalue weighted by Crippen LogP contribution is 2.10. The van der Waals surface area contributed by atoms with E-state index in [1.807, 2.05) is 0 Å². The standard InChI is InChI=1S/C16H34O3S/c1-2-3-4-5-6-7-8-9-10-11-14-19-15-12-13-16-20(17)18/h2-16H2,1H3,(H,17,18)/p-1. The maximum atomic E-state index is 10.3. The van der Waals surface area contributed by atoms with E-state index in [9.17, 15) is 8.76 Å². The predicted octanol–water partition coefficient (Wildman–Crippen LogP) is 4.58. The van der Waals surface area contributed by atoms with Crippen LogP contribution < -0.4 is 0 Å². The zero-order valence-electron chi connectivity index (χ0n) is 13.2. The fourth-order valence-corrected chi connectivity index (χ4v) is 2.66. The van der Waals surface area contributed by atoms with Crippen molar-refractivity contribution >= 4 is 11.1 Å². The largest absolute Gasteiger partial charge is 0.772 e. The highest BCUT2D eigenvalue weighted by atomic mass is 32.2. The Kier molecular flexibility index (Phi) is 17.2. The number of unbranched alkanes of at least 4 members (excludes halogenated alkanes) is 10. The van der Waals surface area contributed by atoms with Gasteiger partial charge < -0.3 is 9.29 Å². The smallest absolute Gasteiger partial charge is 0.0466 e. The van der Waals surface area contributed by atoms with Gasteiger partial charge in [-0.25, -0.2) is 0 Å². The Balaban J connectivity index is 2.94. The maximum absolute atomic E-state index is 10.3. The van der Waals surface area contributed by atoms with Gasteiger partial charge in [-0.2, -0.15) is 0 Å². The molecule has 0 spiro atoms. The minimum Gasteiger partial charge on any atom is -0.772 e. The number of rotatable bonds is 16. The van der Waals surface area contributed by atoms with Crippen LogP contribution in [0.2, 0.25) is 0 Å². The van der Waals surface area contributed by atoms with Gasteiger partial charge in [0.25, 0.3) is 0 Å². The lowest BCUT2D eigenvalue weighted by Gasteiger charge is -2.06. The van der Waals surface area contributed by atoms with E-state index in [1.54, 1.807) is 0 Å². The van der Waals surface area contributed by atoms with Gasteiger partial charge in [-0.05, 0) is 19.3 Å². The predicted molar refractivity (Wildman–Crippen MR) is 85.7 cm³/mol. The van der Waals surface area contributed by atoms with Gasteiger partial charge in [0.15, 0.2) is 0 Å². The second kappa shape index (κ2) is 17.1.